The largest absolute Gasteiger partial charge is 0.283 e. The van der Waals surface area contributed by atoms with Crippen LogP contribution in [0.4, 0.5) is 5.69 Å². The van der Waals surface area contributed by atoms with E-state index >= 15 is 0 Å². The zero-order chi connectivity index (χ0) is 18.4. The van der Waals surface area contributed by atoms with Crippen LogP contribution in [0.3, 0.4) is 0 Å². The highest BCUT2D eigenvalue weighted by molar-refractivity contribution is 7.99. The molecule has 26 heavy (non-hydrogen) atoms. The predicted molar refractivity (Wildman–Crippen MR) is 97.0 cm³/mol. The van der Waals surface area contributed by atoms with Gasteiger partial charge in [-0.3, -0.25) is 15.1 Å². The fourth-order valence-electron chi connectivity index (χ4n) is 2.14. The summed E-state index contributed by atoms with van der Waals surface area (Å²) in [5.41, 5.74) is 1.30. The quantitative estimate of drug-likeness (QED) is 0.293. The summed E-state index contributed by atoms with van der Waals surface area (Å²) in [4.78, 5) is 23.7. The minimum absolute atomic E-state index is 0.0745. The van der Waals surface area contributed by atoms with Crippen LogP contribution in [-0.4, -0.2) is 19.9 Å². The van der Waals surface area contributed by atoms with Crippen LogP contribution in [0.5, 0.6) is 0 Å². The van der Waals surface area contributed by atoms with Crippen molar-refractivity contribution in [2.45, 2.75) is 10.1 Å². The van der Waals surface area contributed by atoms with Crippen LogP contribution in [0.1, 0.15) is 11.3 Å². The maximum Gasteiger partial charge on any atom is 0.283 e. The summed E-state index contributed by atoms with van der Waals surface area (Å²) in [6.07, 6.45) is 6.31. The molecule has 2 aromatic heterocycles. The Morgan fingerprint density at radius 3 is 2.54 bits per heavy atom. The second-order valence-corrected chi connectivity index (χ2v) is 6.01. The van der Waals surface area contributed by atoms with Gasteiger partial charge in [0.2, 0.25) is 0 Å². The molecule has 0 atom stereocenters. The molecule has 1 aromatic carbocycles. The number of nitriles is 1. The third-order valence-electron chi connectivity index (χ3n) is 3.30. The van der Waals surface area contributed by atoms with E-state index in [0.29, 0.717) is 26.9 Å². The van der Waals surface area contributed by atoms with Gasteiger partial charge in [0.05, 0.1) is 21.1 Å². The summed E-state index contributed by atoms with van der Waals surface area (Å²) in [6.45, 7) is 0. The SMILES string of the molecule is N#C/C(=C/c1ccc(Sc2ncccn2)c([N+](=O)[O-])c1)c1ccccn1. The molecule has 0 aliphatic rings. The van der Waals surface area contributed by atoms with Gasteiger partial charge in [-0.15, -0.1) is 0 Å². The van der Waals surface area contributed by atoms with Gasteiger partial charge in [-0.05, 0) is 47.7 Å². The number of nitro benzene ring substituents is 1. The molecule has 0 saturated carbocycles. The van der Waals surface area contributed by atoms with Gasteiger partial charge in [-0.1, -0.05) is 12.1 Å². The van der Waals surface area contributed by atoms with Crippen LogP contribution in [0, 0.1) is 21.4 Å². The first kappa shape index (κ1) is 17.3. The highest BCUT2D eigenvalue weighted by Gasteiger charge is 2.16. The number of rotatable bonds is 5. The first-order chi connectivity index (χ1) is 12.7. The molecule has 0 aliphatic carbocycles. The Labute approximate surface area is 153 Å². The van der Waals surface area contributed by atoms with E-state index in [9.17, 15) is 15.4 Å². The van der Waals surface area contributed by atoms with Crippen molar-refractivity contribution < 1.29 is 4.92 Å². The number of benzene rings is 1. The van der Waals surface area contributed by atoms with Gasteiger partial charge in [0.15, 0.2) is 5.16 Å². The molecule has 8 heteroatoms. The first-order valence-corrected chi connectivity index (χ1v) is 8.25. The molecule has 0 unspecified atom stereocenters. The lowest BCUT2D eigenvalue weighted by Gasteiger charge is -2.04. The van der Waals surface area contributed by atoms with Crippen molar-refractivity contribution in [3.05, 3.63) is 82.4 Å². The Bertz CT molecular complexity index is 1000. The molecule has 126 valence electrons. The summed E-state index contributed by atoms with van der Waals surface area (Å²) in [5, 5.41) is 21.2. The molecular formula is C18H11N5O2S. The molecule has 0 N–H and O–H groups in total. The maximum atomic E-state index is 11.4. The third kappa shape index (κ3) is 4.09. The minimum Gasteiger partial charge on any atom is -0.258 e. The fourth-order valence-corrected chi connectivity index (χ4v) is 2.94. The lowest BCUT2D eigenvalue weighted by Crippen LogP contribution is -1.93. The van der Waals surface area contributed by atoms with Crippen LogP contribution >= 0.6 is 11.8 Å². The zero-order valence-electron chi connectivity index (χ0n) is 13.3. The number of aromatic nitrogens is 3. The molecule has 7 nitrogen and oxygen atoms in total. The Balaban J connectivity index is 1.97. The molecule has 0 aliphatic heterocycles. The minimum atomic E-state index is -0.463. The highest BCUT2D eigenvalue weighted by Crippen LogP contribution is 2.34. The third-order valence-corrected chi connectivity index (χ3v) is 4.25. The molecule has 0 bridgehead atoms. The van der Waals surface area contributed by atoms with Crippen molar-refractivity contribution >= 4 is 29.1 Å². The normalized spacial score (nSPS) is 11.0. The van der Waals surface area contributed by atoms with E-state index in [1.54, 1.807) is 61.1 Å². The summed E-state index contributed by atoms with van der Waals surface area (Å²) < 4.78 is 0. The first-order valence-electron chi connectivity index (χ1n) is 7.44. The van der Waals surface area contributed by atoms with Crippen molar-refractivity contribution in [1.29, 1.82) is 5.26 Å². The van der Waals surface area contributed by atoms with Crippen LogP contribution in [0.25, 0.3) is 11.6 Å². The van der Waals surface area contributed by atoms with Crippen LogP contribution in [0.15, 0.2) is 71.1 Å². The zero-order valence-corrected chi connectivity index (χ0v) is 14.1. The summed E-state index contributed by atoms with van der Waals surface area (Å²) >= 11 is 1.11. The Morgan fingerprint density at radius 1 is 1.12 bits per heavy atom. The van der Waals surface area contributed by atoms with E-state index < -0.39 is 4.92 Å². The van der Waals surface area contributed by atoms with E-state index in [2.05, 4.69) is 21.0 Å². The second kappa shape index (κ2) is 8.00. The smallest absolute Gasteiger partial charge is 0.258 e. The molecule has 0 saturated heterocycles. The maximum absolute atomic E-state index is 11.4. The molecule has 0 radical (unpaired) electrons. The number of nitro groups is 1. The van der Waals surface area contributed by atoms with E-state index in [-0.39, 0.29) is 5.69 Å². The van der Waals surface area contributed by atoms with Crippen molar-refractivity contribution in [3.8, 4) is 6.07 Å². The van der Waals surface area contributed by atoms with Gasteiger partial charge in [-0.2, -0.15) is 5.26 Å². The standard InChI is InChI=1S/C18H11N5O2S/c19-12-14(15-4-1-2-7-20-15)10-13-5-6-17(16(11-13)23(24)25)26-18-21-8-3-9-22-18/h1-11H/b14-10-. The topological polar surface area (TPSA) is 106 Å². The average molecular weight is 361 g/mol. The van der Waals surface area contributed by atoms with E-state index in [1.807, 2.05) is 0 Å². The van der Waals surface area contributed by atoms with Crippen LogP contribution in [-0.2, 0) is 0 Å². The highest BCUT2D eigenvalue weighted by atomic mass is 32.2. The van der Waals surface area contributed by atoms with E-state index in [0.717, 1.165) is 11.8 Å². The Morgan fingerprint density at radius 2 is 1.88 bits per heavy atom. The van der Waals surface area contributed by atoms with Crippen molar-refractivity contribution in [2.24, 2.45) is 0 Å². The van der Waals surface area contributed by atoms with Crippen LogP contribution in [0.2, 0.25) is 0 Å². The van der Waals surface area contributed by atoms with Crippen molar-refractivity contribution in [2.75, 3.05) is 0 Å². The molecule has 3 rings (SSSR count). The molecule has 0 fully saturated rings. The number of hydrogen-bond acceptors (Lipinski definition) is 7. The van der Waals surface area contributed by atoms with Gasteiger partial charge in [0, 0.05) is 24.7 Å². The van der Waals surface area contributed by atoms with Crippen molar-refractivity contribution in [1.82, 2.24) is 15.0 Å². The molecule has 0 amide bonds. The molecule has 2 heterocycles. The van der Waals surface area contributed by atoms with Gasteiger partial charge < -0.3 is 0 Å². The molecular weight excluding hydrogens is 350 g/mol. The number of hydrogen-bond donors (Lipinski definition) is 0. The fraction of sp³-hybridized carbons (Fsp3) is 0. The van der Waals surface area contributed by atoms with Crippen LogP contribution < -0.4 is 0 Å². The molecule has 3 aromatic rings. The number of nitrogens with zero attached hydrogens (tertiary/aromatic N) is 5. The van der Waals surface area contributed by atoms with Gasteiger partial charge in [0.1, 0.15) is 6.07 Å². The predicted octanol–water partition coefficient (Wildman–Crippen LogP) is 4.00. The Hall–Kier alpha value is -3.57. The lowest BCUT2D eigenvalue weighted by molar-refractivity contribution is -0.387. The number of allylic oxidation sites excluding steroid dienone is 1. The van der Waals surface area contributed by atoms with E-state index in [4.69, 9.17) is 0 Å². The lowest BCUT2D eigenvalue weighted by atomic mass is 10.1. The van der Waals surface area contributed by atoms with Gasteiger partial charge in [0.25, 0.3) is 5.69 Å². The summed E-state index contributed by atoms with van der Waals surface area (Å²) in [6, 6.07) is 13.7. The number of pyridine rings is 1. The second-order valence-electron chi connectivity index (χ2n) is 5.00. The van der Waals surface area contributed by atoms with Gasteiger partial charge >= 0.3 is 0 Å². The van der Waals surface area contributed by atoms with E-state index in [1.165, 1.54) is 6.07 Å². The monoisotopic (exact) mass is 361 g/mol. The molecule has 0 spiro atoms. The summed E-state index contributed by atoms with van der Waals surface area (Å²) in [5.74, 6) is 0. The van der Waals surface area contributed by atoms with Gasteiger partial charge in [-0.25, -0.2) is 9.97 Å². The summed E-state index contributed by atoms with van der Waals surface area (Å²) in [7, 11) is 0. The average Bonchev–Trinajstić information content (AvgIpc) is 2.68. The van der Waals surface area contributed by atoms with Crippen molar-refractivity contribution in [3.63, 3.8) is 0 Å². The Kier molecular flexibility index (Phi) is 5.31.